The molecular formula is C22H23N5O2S. The Kier molecular flexibility index (Phi) is 6.44. The fraction of sp³-hybridized carbons (Fsp3) is 0.273. The second-order valence-corrected chi connectivity index (χ2v) is 8.00. The number of carbonyl (C=O) groups excluding carboxylic acids is 1. The van der Waals surface area contributed by atoms with Crippen LogP contribution in [0.4, 0.5) is 5.69 Å². The number of anilines is 1. The molecule has 0 aliphatic heterocycles. The van der Waals surface area contributed by atoms with Crippen LogP contribution in [0.5, 0.6) is 5.88 Å². The van der Waals surface area contributed by atoms with Crippen LogP contribution in [0.1, 0.15) is 35.8 Å². The van der Waals surface area contributed by atoms with Gasteiger partial charge in [0, 0.05) is 28.3 Å². The number of rotatable bonds is 9. The van der Waals surface area contributed by atoms with Gasteiger partial charge in [0.1, 0.15) is 0 Å². The van der Waals surface area contributed by atoms with E-state index in [1.807, 2.05) is 31.2 Å². The van der Waals surface area contributed by atoms with Gasteiger partial charge in [-0.3, -0.25) is 14.8 Å². The predicted molar refractivity (Wildman–Crippen MR) is 118 cm³/mol. The molecule has 0 bridgehead atoms. The molecule has 1 aromatic carbocycles. The number of hydrogen-bond donors (Lipinski definition) is 2. The third kappa shape index (κ3) is 5.48. The van der Waals surface area contributed by atoms with Crippen LogP contribution in [-0.2, 0) is 6.54 Å². The summed E-state index contributed by atoms with van der Waals surface area (Å²) < 4.78 is 8.74. The number of pyridine rings is 1. The second-order valence-electron chi connectivity index (χ2n) is 6.89. The Hall–Kier alpha value is -3.13. The molecule has 2 N–H and O–H groups in total. The first-order valence-corrected chi connectivity index (χ1v) is 10.8. The molecule has 0 unspecified atom stereocenters. The highest BCUT2D eigenvalue weighted by atomic mass is 32.2. The third-order valence-electron chi connectivity index (χ3n) is 4.46. The number of nitrogens with one attached hydrogen (secondary N) is 2. The minimum atomic E-state index is -0.150. The first-order valence-electron chi connectivity index (χ1n) is 9.91. The molecule has 1 aliphatic carbocycles. The molecule has 30 heavy (non-hydrogen) atoms. The lowest BCUT2D eigenvalue weighted by Gasteiger charge is -2.09. The first-order chi connectivity index (χ1) is 14.7. The van der Waals surface area contributed by atoms with E-state index in [9.17, 15) is 4.79 Å². The van der Waals surface area contributed by atoms with Crippen molar-refractivity contribution in [3.05, 3.63) is 66.2 Å². The highest BCUT2D eigenvalue weighted by molar-refractivity contribution is 8.01. The lowest BCUT2D eigenvalue weighted by atomic mass is 10.1. The van der Waals surface area contributed by atoms with Crippen molar-refractivity contribution in [1.82, 2.24) is 20.3 Å². The number of amides is 1. The summed E-state index contributed by atoms with van der Waals surface area (Å²) in [4.78, 5) is 25.4. The molecule has 1 saturated carbocycles. The van der Waals surface area contributed by atoms with E-state index in [0.717, 1.165) is 22.2 Å². The van der Waals surface area contributed by atoms with E-state index in [4.69, 9.17) is 4.74 Å². The van der Waals surface area contributed by atoms with Crippen LogP contribution in [0.25, 0.3) is 11.3 Å². The summed E-state index contributed by atoms with van der Waals surface area (Å²) in [6, 6.07) is 11.2. The van der Waals surface area contributed by atoms with Gasteiger partial charge in [0.2, 0.25) is 5.88 Å². The molecule has 0 spiro atoms. The van der Waals surface area contributed by atoms with Crippen molar-refractivity contribution in [3.63, 3.8) is 0 Å². The average molecular weight is 422 g/mol. The predicted octanol–water partition coefficient (Wildman–Crippen LogP) is 4.09. The zero-order valence-corrected chi connectivity index (χ0v) is 17.5. The molecule has 0 saturated heterocycles. The fourth-order valence-corrected chi connectivity index (χ4v) is 3.55. The molecule has 4 rings (SSSR count). The minimum absolute atomic E-state index is 0.150. The second kappa shape index (κ2) is 9.58. The number of aromatic nitrogens is 3. The van der Waals surface area contributed by atoms with Crippen LogP contribution in [-0.4, -0.2) is 32.7 Å². The molecule has 154 valence electrons. The molecule has 7 nitrogen and oxygen atoms in total. The van der Waals surface area contributed by atoms with Gasteiger partial charge in [-0.05, 0) is 56.0 Å². The van der Waals surface area contributed by atoms with Gasteiger partial charge in [0.15, 0.2) is 0 Å². The average Bonchev–Trinajstić information content (AvgIpc) is 3.62. The standard InChI is InChI=1S/C22H23N5O2S/c1-2-29-21-14-23-13-20(26-21)15-3-5-16(6-4-15)22(28)25-12-18-11-17(9-10-24-18)27-30-19-7-8-19/h3-6,9-11,13-14,19H,2,7-8,12H2,1H3,(H,24,27)(H,25,28). The maximum absolute atomic E-state index is 12.5. The summed E-state index contributed by atoms with van der Waals surface area (Å²) in [5.74, 6) is 0.333. The van der Waals surface area contributed by atoms with Crippen molar-refractivity contribution >= 4 is 23.5 Å². The van der Waals surface area contributed by atoms with E-state index >= 15 is 0 Å². The zero-order valence-electron chi connectivity index (χ0n) is 16.7. The molecule has 1 fully saturated rings. The Balaban J connectivity index is 1.34. The topological polar surface area (TPSA) is 89.0 Å². The van der Waals surface area contributed by atoms with Gasteiger partial charge in [-0.2, -0.15) is 0 Å². The highest BCUT2D eigenvalue weighted by Gasteiger charge is 2.22. The summed E-state index contributed by atoms with van der Waals surface area (Å²) in [6.07, 6.45) is 7.55. The van der Waals surface area contributed by atoms with E-state index in [0.29, 0.717) is 30.3 Å². The van der Waals surface area contributed by atoms with Crippen molar-refractivity contribution in [2.75, 3.05) is 11.3 Å². The number of nitrogens with zero attached hydrogens (tertiary/aromatic N) is 3. The maximum Gasteiger partial charge on any atom is 0.251 e. The van der Waals surface area contributed by atoms with Crippen LogP contribution in [0.15, 0.2) is 55.0 Å². The molecule has 0 atom stereocenters. The third-order valence-corrected chi connectivity index (χ3v) is 5.62. The Morgan fingerprint density at radius 3 is 2.80 bits per heavy atom. The largest absolute Gasteiger partial charge is 0.477 e. The van der Waals surface area contributed by atoms with Crippen LogP contribution in [0.2, 0.25) is 0 Å². The maximum atomic E-state index is 12.5. The minimum Gasteiger partial charge on any atom is -0.477 e. The Labute approximate surface area is 179 Å². The van der Waals surface area contributed by atoms with E-state index in [2.05, 4.69) is 25.0 Å². The van der Waals surface area contributed by atoms with E-state index in [-0.39, 0.29) is 5.91 Å². The smallest absolute Gasteiger partial charge is 0.251 e. The molecule has 1 aliphatic rings. The molecule has 8 heteroatoms. The normalized spacial score (nSPS) is 13.0. The quantitative estimate of drug-likeness (QED) is 0.503. The van der Waals surface area contributed by atoms with Gasteiger partial charge in [0.25, 0.3) is 5.91 Å². The Morgan fingerprint density at radius 2 is 2.03 bits per heavy atom. The Bertz CT molecular complexity index is 1010. The van der Waals surface area contributed by atoms with Gasteiger partial charge in [0.05, 0.1) is 36.9 Å². The molecule has 1 amide bonds. The monoisotopic (exact) mass is 421 g/mol. The molecule has 2 heterocycles. The summed E-state index contributed by atoms with van der Waals surface area (Å²) in [7, 11) is 0. The van der Waals surface area contributed by atoms with E-state index < -0.39 is 0 Å². The molecule has 0 radical (unpaired) electrons. The summed E-state index contributed by atoms with van der Waals surface area (Å²) in [6.45, 7) is 2.80. The van der Waals surface area contributed by atoms with Crippen LogP contribution in [0.3, 0.4) is 0 Å². The highest BCUT2D eigenvalue weighted by Crippen LogP contribution is 2.34. The van der Waals surface area contributed by atoms with Crippen molar-refractivity contribution in [2.24, 2.45) is 0 Å². The van der Waals surface area contributed by atoms with Crippen LogP contribution >= 0.6 is 11.9 Å². The van der Waals surface area contributed by atoms with Crippen LogP contribution in [0, 0.1) is 0 Å². The lowest BCUT2D eigenvalue weighted by Crippen LogP contribution is -2.23. The van der Waals surface area contributed by atoms with E-state index in [1.165, 1.54) is 12.8 Å². The SMILES string of the molecule is CCOc1cncc(-c2ccc(C(=O)NCc3cc(NSC4CC4)ccn3)cc2)n1. The first kappa shape index (κ1) is 20.2. The van der Waals surface area contributed by atoms with Crippen molar-refractivity contribution < 1.29 is 9.53 Å². The van der Waals surface area contributed by atoms with Gasteiger partial charge >= 0.3 is 0 Å². The van der Waals surface area contributed by atoms with Gasteiger partial charge in [-0.1, -0.05) is 12.1 Å². The van der Waals surface area contributed by atoms with Gasteiger partial charge in [-0.25, -0.2) is 4.98 Å². The zero-order chi connectivity index (χ0) is 20.8. The van der Waals surface area contributed by atoms with Gasteiger partial charge < -0.3 is 14.8 Å². The van der Waals surface area contributed by atoms with E-state index in [1.54, 1.807) is 42.7 Å². The molecular weight excluding hydrogens is 398 g/mol. The Morgan fingerprint density at radius 1 is 1.20 bits per heavy atom. The molecule has 3 aromatic rings. The van der Waals surface area contributed by atoms with Crippen molar-refractivity contribution in [1.29, 1.82) is 0 Å². The van der Waals surface area contributed by atoms with Gasteiger partial charge in [-0.15, -0.1) is 0 Å². The van der Waals surface area contributed by atoms with Crippen molar-refractivity contribution in [3.8, 4) is 17.1 Å². The number of hydrogen-bond acceptors (Lipinski definition) is 7. The summed E-state index contributed by atoms with van der Waals surface area (Å²) in [5.41, 5.74) is 3.96. The molecule has 2 aromatic heterocycles. The van der Waals surface area contributed by atoms with Crippen LogP contribution < -0.4 is 14.8 Å². The number of benzene rings is 1. The summed E-state index contributed by atoms with van der Waals surface area (Å²) in [5, 5.41) is 3.64. The number of ether oxygens (including phenoxy) is 1. The number of carbonyl (C=O) groups is 1. The van der Waals surface area contributed by atoms with Crippen molar-refractivity contribution in [2.45, 2.75) is 31.6 Å². The fourth-order valence-electron chi connectivity index (χ4n) is 2.75. The summed E-state index contributed by atoms with van der Waals surface area (Å²) >= 11 is 1.75. The lowest BCUT2D eigenvalue weighted by molar-refractivity contribution is 0.0950.